The van der Waals surface area contributed by atoms with Crippen molar-refractivity contribution in [1.29, 1.82) is 0 Å². The molecule has 2 nitrogen and oxygen atoms in total. The van der Waals surface area contributed by atoms with Crippen molar-refractivity contribution in [2.45, 2.75) is 18.8 Å². The number of carbonyl (C=O) groups is 1. The number of esters is 1. The molecule has 4 heteroatoms. The van der Waals surface area contributed by atoms with Crippen LogP contribution < -0.4 is 0 Å². The van der Waals surface area contributed by atoms with Crippen molar-refractivity contribution < 1.29 is 18.3 Å². The zero-order valence-electron chi connectivity index (χ0n) is 8.54. The fourth-order valence-corrected chi connectivity index (χ4v) is 1.33. The molecule has 15 heavy (non-hydrogen) atoms. The summed E-state index contributed by atoms with van der Waals surface area (Å²) in [5, 5.41) is 0. The van der Waals surface area contributed by atoms with Gasteiger partial charge in [0.05, 0.1) is 7.11 Å². The highest BCUT2D eigenvalue weighted by atomic mass is 19.3. The number of carbonyl (C=O) groups excluding carboxylic acids is 1. The summed E-state index contributed by atoms with van der Waals surface area (Å²) in [6.45, 7) is 1.18. The number of hydrogen-bond acceptors (Lipinski definition) is 2. The maximum Gasteiger partial charge on any atom is 0.321 e. The number of methoxy groups -OCH3 is 1. The third-order valence-corrected chi connectivity index (χ3v) is 2.42. The first-order valence-electron chi connectivity index (χ1n) is 4.45. The van der Waals surface area contributed by atoms with Gasteiger partial charge in [-0.15, -0.1) is 0 Å². The quantitative estimate of drug-likeness (QED) is 0.722. The molecule has 0 saturated carbocycles. The van der Waals surface area contributed by atoms with Crippen molar-refractivity contribution in [2.75, 3.05) is 7.11 Å². The maximum atomic E-state index is 12.9. The van der Waals surface area contributed by atoms with Gasteiger partial charge in [-0.25, -0.2) is 8.78 Å². The van der Waals surface area contributed by atoms with Gasteiger partial charge in [-0.05, 0) is 12.5 Å². The molecule has 0 unspecified atom stereocenters. The van der Waals surface area contributed by atoms with Crippen LogP contribution in [0, 0.1) is 0 Å². The predicted molar refractivity (Wildman–Crippen MR) is 51.8 cm³/mol. The lowest BCUT2D eigenvalue weighted by molar-refractivity contribution is -0.153. The Morgan fingerprint density at radius 1 is 1.33 bits per heavy atom. The summed E-state index contributed by atoms with van der Waals surface area (Å²) in [7, 11) is 1.10. The topological polar surface area (TPSA) is 26.3 Å². The predicted octanol–water partition coefficient (Wildman–Crippen LogP) is 2.38. The Morgan fingerprint density at radius 3 is 2.27 bits per heavy atom. The molecule has 1 rings (SSSR count). The van der Waals surface area contributed by atoms with Crippen molar-refractivity contribution >= 4 is 5.97 Å². The Morgan fingerprint density at radius 2 is 1.87 bits per heavy atom. The van der Waals surface area contributed by atoms with Gasteiger partial charge in [0.1, 0.15) is 0 Å². The Hall–Kier alpha value is -1.45. The molecule has 0 aromatic heterocycles. The molecule has 0 aliphatic heterocycles. The second kappa shape index (κ2) is 4.38. The van der Waals surface area contributed by atoms with E-state index in [1.54, 1.807) is 18.2 Å². The van der Waals surface area contributed by atoms with Crippen LogP contribution >= 0.6 is 0 Å². The summed E-state index contributed by atoms with van der Waals surface area (Å²) in [4.78, 5) is 11.4. The van der Waals surface area contributed by atoms with Gasteiger partial charge in [0.25, 0.3) is 6.43 Å². The molecule has 0 aliphatic rings. The summed E-state index contributed by atoms with van der Waals surface area (Å²) >= 11 is 0. The normalized spacial score (nSPS) is 14.7. The van der Waals surface area contributed by atoms with Crippen LogP contribution in [0.1, 0.15) is 12.5 Å². The Kier molecular flexibility index (Phi) is 3.39. The Balaban J connectivity index is 3.19. The molecular formula is C11H12F2O2. The van der Waals surface area contributed by atoms with Crippen LogP contribution in [-0.4, -0.2) is 19.5 Å². The lowest BCUT2D eigenvalue weighted by atomic mass is 9.83. The summed E-state index contributed by atoms with van der Waals surface area (Å²) in [5.74, 6) is -0.927. The average molecular weight is 214 g/mol. The minimum absolute atomic E-state index is 0.256. The largest absolute Gasteiger partial charge is 0.468 e. The van der Waals surface area contributed by atoms with Crippen molar-refractivity contribution in [3.63, 3.8) is 0 Å². The molecule has 1 atom stereocenters. The van der Waals surface area contributed by atoms with E-state index < -0.39 is 17.8 Å². The fourth-order valence-electron chi connectivity index (χ4n) is 1.33. The molecule has 0 radical (unpaired) electrons. The molecule has 82 valence electrons. The average Bonchev–Trinajstić information content (AvgIpc) is 2.27. The second-order valence-electron chi connectivity index (χ2n) is 3.36. The van der Waals surface area contributed by atoms with Crippen molar-refractivity contribution in [3.8, 4) is 0 Å². The maximum absolute atomic E-state index is 12.9. The number of alkyl halides is 2. The van der Waals surface area contributed by atoms with E-state index in [0.29, 0.717) is 0 Å². The number of rotatable bonds is 3. The van der Waals surface area contributed by atoms with Crippen LogP contribution in [0.4, 0.5) is 8.78 Å². The molecule has 0 spiro atoms. The third-order valence-electron chi connectivity index (χ3n) is 2.42. The standard InChI is InChI=1S/C11H12F2O2/c1-11(9(12)13,10(14)15-2)8-6-4-3-5-7-8/h3-7,9H,1-2H3/t11-/m1/s1. The second-order valence-corrected chi connectivity index (χ2v) is 3.36. The fraction of sp³-hybridized carbons (Fsp3) is 0.364. The van der Waals surface area contributed by atoms with Crippen LogP contribution in [-0.2, 0) is 14.9 Å². The van der Waals surface area contributed by atoms with Crippen molar-refractivity contribution in [3.05, 3.63) is 35.9 Å². The zero-order chi connectivity index (χ0) is 11.5. The Labute approximate surface area is 86.9 Å². The van der Waals surface area contributed by atoms with E-state index in [2.05, 4.69) is 4.74 Å². The smallest absolute Gasteiger partial charge is 0.321 e. The summed E-state index contributed by atoms with van der Waals surface area (Å²) in [6.07, 6.45) is -2.80. The van der Waals surface area contributed by atoms with E-state index in [4.69, 9.17) is 0 Å². The van der Waals surface area contributed by atoms with Crippen LogP contribution in [0.25, 0.3) is 0 Å². The molecule has 0 aliphatic carbocycles. The van der Waals surface area contributed by atoms with Gasteiger partial charge < -0.3 is 4.74 Å². The SMILES string of the molecule is COC(=O)[C@](C)(c1ccccc1)C(F)F. The van der Waals surface area contributed by atoms with E-state index in [1.165, 1.54) is 19.1 Å². The van der Waals surface area contributed by atoms with Crippen LogP contribution in [0.15, 0.2) is 30.3 Å². The molecule has 0 saturated heterocycles. The Bertz CT molecular complexity index is 338. The number of benzene rings is 1. The van der Waals surface area contributed by atoms with E-state index in [1.807, 2.05) is 0 Å². The van der Waals surface area contributed by atoms with Crippen LogP contribution in [0.5, 0.6) is 0 Å². The lowest BCUT2D eigenvalue weighted by Gasteiger charge is -2.25. The minimum Gasteiger partial charge on any atom is -0.468 e. The van der Waals surface area contributed by atoms with Crippen molar-refractivity contribution in [2.24, 2.45) is 0 Å². The highest BCUT2D eigenvalue weighted by molar-refractivity contribution is 5.83. The molecule has 1 aromatic carbocycles. The van der Waals surface area contributed by atoms with Gasteiger partial charge in [-0.3, -0.25) is 4.79 Å². The summed E-state index contributed by atoms with van der Waals surface area (Å²) < 4.78 is 30.2. The first-order chi connectivity index (χ1) is 7.03. The highest BCUT2D eigenvalue weighted by Crippen LogP contribution is 2.31. The molecule has 0 N–H and O–H groups in total. The first-order valence-corrected chi connectivity index (χ1v) is 4.45. The van der Waals surface area contributed by atoms with Gasteiger partial charge in [-0.2, -0.15) is 0 Å². The van der Waals surface area contributed by atoms with E-state index in [0.717, 1.165) is 7.11 Å². The highest BCUT2D eigenvalue weighted by Gasteiger charge is 2.45. The van der Waals surface area contributed by atoms with Crippen LogP contribution in [0.3, 0.4) is 0 Å². The minimum atomic E-state index is -2.80. The van der Waals surface area contributed by atoms with Crippen molar-refractivity contribution in [1.82, 2.24) is 0 Å². The van der Waals surface area contributed by atoms with Gasteiger partial charge in [0.15, 0.2) is 5.41 Å². The van der Waals surface area contributed by atoms with Gasteiger partial charge >= 0.3 is 5.97 Å². The number of hydrogen-bond donors (Lipinski definition) is 0. The molecule has 0 bridgehead atoms. The molecule has 0 fully saturated rings. The number of halogens is 2. The lowest BCUT2D eigenvalue weighted by Crippen LogP contribution is -2.40. The summed E-state index contributed by atoms with van der Waals surface area (Å²) in [5.41, 5.74) is -1.64. The monoisotopic (exact) mass is 214 g/mol. The molecular weight excluding hydrogens is 202 g/mol. The molecule has 1 aromatic rings. The van der Waals surface area contributed by atoms with E-state index in [9.17, 15) is 13.6 Å². The van der Waals surface area contributed by atoms with E-state index in [-0.39, 0.29) is 5.56 Å². The number of ether oxygens (including phenoxy) is 1. The first kappa shape index (κ1) is 11.6. The third kappa shape index (κ3) is 1.98. The molecule has 0 heterocycles. The van der Waals surface area contributed by atoms with Gasteiger partial charge in [-0.1, -0.05) is 30.3 Å². The zero-order valence-corrected chi connectivity index (χ0v) is 8.54. The van der Waals surface area contributed by atoms with Gasteiger partial charge in [0, 0.05) is 0 Å². The van der Waals surface area contributed by atoms with Crippen LogP contribution in [0.2, 0.25) is 0 Å². The summed E-state index contributed by atoms with van der Waals surface area (Å²) in [6, 6.07) is 7.90. The van der Waals surface area contributed by atoms with E-state index >= 15 is 0 Å². The molecule has 0 amide bonds. The van der Waals surface area contributed by atoms with Gasteiger partial charge in [0.2, 0.25) is 0 Å².